The number of ether oxygens (including phenoxy) is 2. The third-order valence-electron chi connectivity index (χ3n) is 2.63. The van der Waals surface area contributed by atoms with Crippen LogP contribution in [0.4, 0.5) is 0 Å². The van der Waals surface area contributed by atoms with E-state index >= 15 is 0 Å². The molecule has 2 bridgehead atoms. The van der Waals surface area contributed by atoms with E-state index in [0.717, 1.165) is 6.42 Å². The van der Waals surface area contributed by atoms with Crippen molar-refractivity contribution in [2.75, 3.05) is 0 Å². The summed E-state index contributed by atoms with van der Waals surface area (Å²) in [5.74, 6) is -0.240. The number of rotatable bonds is 1. The number of carbonyl (C=O) groups excluding carboxylic acids is 2. The Morgan fingerprint density at radius 1 is 1.54 bits per heavy atom. The average molecular weight is 184 g/mol. The number of carbonyl (C=O) groups is 2. The van der Waals surface area contributed by atoms with Gasteiger partial charge in [-0.05, 0) is 6.42 Å². The van der Waals surface area contributed by atoms with Crippen LogP contribution in [0.5, 0.6) is 0 Å². The van der Waals surface area contributed by atoms with E-state index in [1.807, 2.05) is 0 Å². The second-order valence-corrected chi connectivity index (χ2v) is 3.70. The topological polar surface area (TPSA) is 52.6 Å². The molecule has 0 N–H and O–H groups in total. The molecule has 1 aliphatic carbocycles. The summed E-state index contributed by atoms with van der Waals surface area (Å²) < 4.78 is 10.2. The monoisotopic (exact) mass is 184 g/mol. The van der Waals surface area contributed by atoms with Gasteiger partial charge in [0.25, 0.3) is 0 Å². The lowest BCUT2D eigenvalue weighted by Crippen LogP contribution is -2.25. The molecule has 1 aliphatic heterocycles. The van der Waals surface area contributed by atoms with Gasteiger partial charge in [0.1, 0.15) is 12.2 Å². The molecule has 1 saturated carbocycles. The van der Waals surface area contributed by atoms with Gasteiger partial charge in [-0.2, -0.15) is 0 Å². The molecule has 3 atom stereocenters. The van der Waals surface area contributed by atoms with E-state index in [0.29, 0.717) is 12.8 Å². The molecule has 0 amide bonds. The lowest BCUT2D eigenvalue weighted by molar-refractivity contribution is -0.154. The Kier molecular flexibility index (Phi) is 1.98. The fraction of sp³-hybridized carbons (Fsp3) is 0.778. The van der Waals surface area contributed by atoms with Gasteiger partial charge in [-0.25, -0.2) is 0 Å². The molecule has 0 aromatic heterocycles. The van der Waals surface area contributed by atoms with Crippen LogP contribution < -0.4 is 0 Å². The minimum absolute atomic E-state index is 0.0180. The van der Waals surface area contributed by atoms with Gasteiger partial charge >= 0.3 is 11.9 Å². The van der Waals surface area contributed by atoms with Crippen molar-refractivity contribution in [1.29, 1.82) is 0 Å². The summed E-state index contributed by atoms with van der Waals surface area (Å²) in [6.07, 6.45) is 1.80. The summed E-state index contributed by atoms with van der Waals surface area (Å²) in [7, 11) is 0. The van der Waals surface area contributed by atoms with Crippen molar-refractivity contribution >= 4 is 11.9 Å². The standard InChI is InChI=1S/C9H12O4/c1-5(10)12-8-4-7-2-6(8)3-9(11)13-7/h6-8H,2-4H2,1H3/t6-,7-,8+/m0/s1. The molecule has 2 aliphatic rings. The molecule has 1 heterocycles. The molecule has 2 fully saturated rings. The summed E-state index contributed by atoms with van der Waals surface area (Å²) in [6, 6.07) is 0. The first-order valence-electron chi connectivity index (χ1n) is 4.52. The maximum atomic E-state index is 11.0. The second kappa shape index (κ2) is 3.01. The normalized spacial score (nSPS) is 37.0. The van der Waals surface area contributed by atoms with Crippen molar-refractivity contribution in [3.63, 3.8) is 0 Å². The Labute approximate surface area is 76.2 Å². The average Bonchev–Trinajstić information content (AvgIpc) is 2.25. The van der Waals surface area contributed by atoms with Crippen LogP contribution >= 0.6 is 0 Å². The first-order valence-corrected chi connectivity index (χ1v) is 4.52. The number of hydrogen-bond acceptors (Lipinski definition) is 4. The third-order valence-corrected chi connectivity index (χ3v) is 2.63. The zero-order chi connectivity index (χ0) is 9.42. The lowest BCUT2D eigenvalue weighted by atomic mass is 10.0. The van der Waals surface area contributed by atoms with E-state index in [9.17, 15) is 9.59 Å². The Morgan fingerprint density at radius 2 is 2.31 bits per heavy atom. The van der Waals surface area contributed by atoms with Crippen LogP contribution in [0.25, 0.3) is 0 Å². The summed E-state index contributed by atoms with van der Waals surface area (Å²) in [5, 5.41) is 0. The maximum Gasteiger partial charge on any atom is 0.306 e. The van der Waals surface area contributed by atoms with Gasteiger partial charge in [-0.3, -0.25) is 9.59 Å². The highest BCUT2D eigenvalue weighted by Crippen LogP contribution is 2.37. The van der Waals surface area contributed by atoms with E-state index in [4.69, 9.17) is 9.47 Å². The van der Waals surface area contributed by atoms with E-state index in [-0.39, 0.29) is 30.1 Å². The minimum atomic E-state index is -0.273. The molecule has 4 heteroatoms. The second-order valence-electron chi connectivity index (χ2n) is 3.70. The van der Waals surface area contributed by atoms with Crippen LogP contribution in [0.1, 0.15) is 26.2 Å². The van der Waals surface area contributed by atoms with Crippen LogP contribution in [0.3, 0.4) is 0 Å². The van der Waals surface area contributed by atoms with Crippen molar-refractivity contribution in [1.82, 2.24) is 0 Å². The van der Waals surface area contributed by atoms with E-state index in [1.54, 1.807) is 0 Å². The third kappa shape index (κ3) is 1.66. The summed E-state index contributed by atoms with van der Waals surface area (Å²) in [6.45, 7) is 1.39. The number of hydrogen-bond donors (Lipinski definition) is 0. The molecular weight excluding hydrogens is 172 g/mol. The van der Waals surface area contributed by atoms with Crippen molar-refractivity contribution in [2.24, 2.45) is 5.92 Å². The Morgan fingerprint density at radius 3 is 3.00 bits per heavy atom. The predicted molar refractivity (Wildman–Crippen MR) is 42.8 cm³/mol. The molecule has 0 radical (unpaired) electrons. The highest BCUT2D eigenvalue weighted by molar-refractivity contribution is 5.71. The lowest BCUT2D eigenvalue weighted by Gasteiger charge is -2.19. The van der Waals surface area contributed by atoms with Gasteiger partial charge in [0.2, 0.25) is 0 Å². The quantitative estimate of drug-likeness (QED) is 0.561. The molecule has 2 rings (SSSR count). The fourth-order valence-electron chi connectivity index (χ4n) is 2.15. The summed E-state index contributed by atoms with van der Waals surface area (Å²) >= 11 is 0. The highest BCUT2D eigenvalue weighted by Gasteiger charge is 2.43. The Hall–Kier alpha value is -1.06. The van der Waals surface area contributed by atoms with Crippen LogP contribution in [-0.4, -0.2) is 24.1 Å². The van der Waals surface area contributed by atoms with E-state index in [2.05, 4.69) is 0 Å². The van der Waals surface area contributed by atoms with Gasteiger partial charge in [0.15, 0.2) is 0 Å². The van der Waals surface area contributed by atoms with Crippen LogP contribution in [0, 0.1) is 5.92 Å². The van der Waals surface area contributed by atoms with Gasteiger partial charge in [0.05, 0.1) is 6.42 Å². The molecule has 72 valence electrons. The van der Waals surface area contributed by atoms with Crippen molar-refractivity contribution in [2.45, 2.75) is 38.4 Å². The maximum absolute atomic E-state index is 11.0. The number of esters is 2. The highest BCUT2D eigenvalue weighted by atomic mass is 16.6. The van der Waals surface area contributed by atoms with E-state index < -0.39 is 0 Å². The molecule has 4 nitrogen and oxygen atoms in total. The van der Waals surface area contributed by atoms with Gasteiger partial charge in [-0.15, -0.1) is 0 Å². The van der Waals surface area contributed by atoms with Crippen LogP contribution in [0.15, 0.2) is 0 Å². The molecule has 0 spiro atoms. The summed E-state index contributed by atoms with van der Waals surface area (Å²) in [4.78, 5) is 21.7. The zero-order valence-corrected chi connectivity index (χ0v) is 7.49. The van der Waals surface area contributed by atoms with Crippen LogP contribution in [0.2, 0.25) is 0 Å². The van der Waals surface area contributed by atoms with Crippen molar-refractivity contribution in [3.05, 3.63) is 0 Å². The first-order chi connectivity index (χ1) is 6.15. The smallest absolute Gasteiger partial charge is 0.306 e. The molecule has 13 heavy (non-hydrogen) atoms. The molecule has 1 saturated heterocycles. The fourth-order valence-corrected chi connectivity index (χ4v) is 2.15. The van der Waals surface area contributed by atoms with Gasteiger partial charge < -0.3 is 9.47 Å². The molecule has 0 aromatic carbocycles. The molecule has 0 aromatic rings. The molecule has 0 unspecified atom stereocenters. The van der Waals surface area contributed by atoms with Crippen molar-refractivity contribution in [3.8, 4) is 0 Å². The minimum Gasteiger partial charge on any atom is -0.462 e. The number of fused-ring (bicyclic) bond motifs is 2. The Bertz CT molecular complexity index is 248. The first kappa shape index (κ1) is 8.53. The van der Waals surface area contributed by atoms with Gasteiger partial charge in [-0.1, -0.05) is 0 Å². The Balaban J connectivity index is 2.01. The van der Waals surface area contributed by atoms with E-state index in [1.165, 1.54) is 6.92 Å². The van der Waals surface area contributed by atoms with Crippen molar-refractivity contribution < 1.29 is 19.1 Å². The van der Waals surface area contributed by atoms with Gasteiger partial charge in [0, 0.05) is 19.3 Å². The zero-order valence-electron chi connectivity index (χ0n) is 7.49. The van der Waals surface area contributed by atoms with Crippen LogP contribution in [-0.2, 0) is 19.1 Å². The molecular formula is C9H12O4. The largest absolute Gasteiger partial charge is 0.462 e. The SMILES string of the molecule is CC(=O)O[C@@H]1C[C@@H]2C[C@H]1CC(=O)O2. The summed E-state index contributed by atoms with van der Waals surface area (Å²) in [5.41, 5.74) is 0. The predicted octanol–water partition coefficient (Wildman–Crippen LogP) is 0.644.